The lowest BCUT2D eigenvalue weighted by Crippen LogP contribution is -2.30. The zero-order valence-corrected chi connectivity index (χ0v) is 28.0. The Labute approximate surface area is 283 Å². The monoisotopic (exact) mass is 686 g/mol. The van der Waals surface area contributed by atoms with Crippen molar-refractivity contribution in [3.05, 3.63) is 106 Å². The standard InChI is InChI=1S/C34H30N4O6S3/c1-42-27-17-21(18-28(43-2)31(27)44-3)16-25(36-32(40)22-8-5-4-6-9-22)33(41)35-23-11-13-24(14-12-23)46-20-30(39)38-34-37-26(19-47-34)29-10-7-15-45-29/h4-19H,20H2,1-3H3,(H,35,41)(H,36,40)(H,37,38,39)/b25-16-. The predicted octanol–water partition coefficient (Wildman–Crippen LogP) is 7.04. The molecule has 0 aliphatic rings. The van der Waals surface area contributed by atoms with Crippen molar-refractivity contribution in [3.63, 3.8) is 0 Å². The third-order valence-corrected chi connectivity index (χ3v) is 9.20. The number of nitrogens with one attached hydrogen (secondary N) is 3. The number of thiazole rings is 1. The topological polar surface area (TPSA) is 128 Å². The Morgan fingerprint density at radius 3 is 2.21 bits per heavy atom. The Morgan fingerprint density at radius 2 is 1.57 bits per heavy atom. The molecule has 0 radical (unpaired) electrons. The third-order valence-electron chi connectivity index (χ3n) is 6.53. The highest BCUT2D eigenvalue weighted by molar-refractivity contribution is 8.00. The maximum absolute atomic E-state index is 13.5. The second kappa shape index (κ2) is 15.9. The zero-order chi connectivity index (χ0) is 33.2. The molecule has 3 aromatic carbocycles. The molecule has 0 aliphatic heterocycles. The highest BCUT2D eigenvalue weighted by Crippen LogP contribution is 2.38. The van der Waals surface area contributed by atoms with Crippen LogP contribution in [-0.4, -0.2) is 49.8 Å². The smallest absolute Gasteiger partial charge is 0.272 e. The molecule has 0 saturated heterocycles. The molecule has 0 unspecified atom stereocenters. The summed E-state index contributed by atoms with van der Waals surface area (Å²) in [6.45, 7) is 0. The minimum absolute atomic E-state index is 0.00679. The van der Waals surface area contributed by atoms with E-state index in [1.807, 2.05) is 22.9 Å². The molecule has 0 spiro atoms. The number of ether oxygens (including phenoxy) is 3. The molecule has 3 amide bonds. The van der Waals surface area contributed by atoms with Crippen LogP contribution in [0.15, 0.2) is 100 Å². The lowest BCUT2D eigenvalue weighted by molar-refractivity contribution is -0.114. The molecule has 2 heterocycles. The second-order valence-corrected chi connectivity index (χ2v) is 12.5. The van der Waals surface area contributed by atoms with Gasteiger partial charge in [-0.1, -0.05) is 24.3 Å². The van der Waals surface area contributed by atoms with Gasteiger partial charge >= 0.3 is 0 Å². The van der Waals surface area contributed by atoms with Crippen LogP contribution in [0, 0.1) is 0 Å². The van der Waals surface area contributed by atoms with Crippen LogP contribution in [0.5, 0.6) is 17.2 Å². The number of benzene rings is 3. The molecule has 240 valence electrons. The van der Waals surface area contributed by atoms with Gasteiger partial charge in [0, 0.05) is 21.5 Å². The minimum atomic E-state index is -0.548. The summed E-state index contributed by atoms with van der Waals surface area (Å²) in [6.07, 6.45) is 1.52. The zero-order valence-electron chi connectivity index (χ0n) is 25.6. The molecule has 47 heavy (non-hydrogen) atoms. The summed E-state index contributed by atoms with van der Waals surface area (Å²) >= 11 is 4.33. The van der Waals surface area contributed by atoms with Gasteiger partial charge in [-0.3, -0.25) is 14.4 Å². The molecular weight excluding hydrogens is 657 g/mol. The first-order valence-corrected chi connectivity index (χ1v) is 16.8. The summed E-state index contributed by atoms with van der Waals surface area (Å²) in [5, 5.41) is 12.9. The number of thioether (sulfide) groups is 1. The van der Waals surface area contributed by atoms with E-state index in [1.165, 1.54) is 50.5 Å². The molecule has 0 atom stereocenters. The number of carbonyl (C=O) groups excluding carboxylic acids is 3. The Morgan fingerprint density at radius 1 is 0.851 bits per heavy atom. The number of hydrogen-bond acceptors (Lipinski definition) is 10. The van der Waals surface area contributed by atoms with Crippen molar-refractivity contribution in [2.45, 2.75) is 4.90 Å². The molecule has 10 nitrogen and oxygen atoms in total. The van der Waals surface area contributed by atoms with Gasteiger partial charge in [-0.25, -0.2) is 4.98 Å². The van der Waals surface area contributed by atoms with E-state index >= 15 is 0 Å². The van der Waals surface area contributed by atoms with Crippen molar-refractivity contribution in [3.8, 4) is 27.8 Å². The van der Waals surface area contributed by atoms with E-state index in [1.54, 1.807) is 78.1 Å². The Kier molecular flexibility index (Phi) is 11.3. The molecule has 0 saturated carbocycles. The summed E-state index contributed by atoms with van der Waals surface area (Å²) in [5.41, 5.74) is 2.25. The lowest BCUT2D eigenvalue weighted by Gasteiger charge is -2.15. The lowest BCUT2D eigenvalue weighted by atomic mass is 10.1. The van der Waals surface area contributed by atoms with E-state index in [-0.39, 0.29) is 17.4 Å². The van der Waals surface area contributed by atoms with Gasteiger partial charge in [-0.2, -0.15) is 0 Å². The second-order valence-electron chi connectivity index (χ2n) is 9.67. The van der Waals surface area contributed by atoms with E-state index in [0.717, 1.165) is 15.5 Å². The molecule has 3 N–H and O–H groups in total. The molecule has 5 rings (SSSR count). The highest BCUT2D eigenvalue weighted by atomic mass is 32.2. The first-order chi connectivity index (χ1) is 22.9. The van der Waals surface area contributed by atoms with Gasteiger partial charge in [0.05, 0.1) is 37.7 Å². The Balaban J connectivity index is 1.26. The van der Waals surface area contributed by atoms with Gasteiger partial charge in [0.2, 0.25) is 11.7 Å². The molecule has 5 aromatic rings. The maximum Gasteiger partial charge on any atom is 0.272 e. The number of amides is 3. The first kappa shape index (κ1) is 33.3. The predicted molar refractivity (Wildman–Crippen MR) is 188 cm³/mol. The number of aromatic nitrogens is 1. The maximum atomic E-state index is 13.5. The largest absolute Gasteiger partial charge is 0.493 e. The van der Waals surface area contributed by atoms with Crippen LogP contribution in [0.25, 0.3) is 16.6 Å². The van der Waals surface area contributed by atoms with Gasteiger partial charge in [0.1, 0.15) is 5.70 Å². The summed E-state index contributed by atoms with van der Waals surface area (Å²) in [4.78, 5) is 45.5. The van der Waals surface area contributed by atoms with Crippen LogP contribution in [0.3, 0.4) is 0 Å². The van der Waals surface area contributed by atoms with E-state index < -0.39 is 11.8 Å². The van der Waals surface area contributed by atoms with E-state index in [2.05, 4.69) is 20.9 Å². The Bertz CT molecular complexity index is 1850. The van der Waals surface area contributed by atoms with Gasteiger partial charge in [-0.05, 0) is 71.6 Å². The van der Waals surface area contributed by atoms with E-state index in [4.69, 9.17) is 14.2 Å². The first-order valence-electron chi connectivity index (χ1n) is 14.1. The number of carbonyl (C=O) groups is 3. The summed E-state index contributed by atoms with van der Waals surface area (Å²) < 4.78 is 16.3. The number of anilines is 2. The van der Waals surface area contributed by atoms with E-state index in [9.17, 15) is 14.4 Å². The number of nitrogens with zero attached hydrogens (tertiary/aromatic N) is 1. The number of thiophene rings is 1. The fourth-order valence-corrected chi connectivity index (χ4v) is 6.49. The van der Waals surface area contributed by atoms with Crippen molar-refractivity contribution in [2.24, 2.45) is 0 Å². The van der Waals surface area contributed by atoms with Crippen molar-refractivity contribution in [1.82, 2.24) is 10.3 Å². The normalized spacial score (nSPS) is 11.0. The fourth-order valence-electron chi connectivity index (χ4n) is 4.30. The van der Waals surface area contributed by atoms with Gasteiger partial charge < -0.3 is 30.2 Å². The number of hydrogen-bond donors (Lipinski definition) is 3. The Hall–Kier alpha value is -5.11. The van der Waals surface area contributed by atoms with Gasteiger partial charge in [-0.15, -0.1) is 34.4 Å². The summed E-state index contributed by atoms with van der Waals surface area (Å²) in [6, 6.07) is 22.9. The average molecular weight is 687 g/mol. The molecule has 0 fully saturated rings. The van der Waals surface area contributed by atoms with Gasteiger partial charge in [0.25, 0.3) is 11.8 Å². The van der Waals surface area contributed by atoms with Gasteiger partial charge in [0.15, 0.2) is 16.6 Å². The average Bonchev–Trinajstić information content (AvgIpc) is 3.80. The molecule has 0 bridgehead atoms. The number of rotatable bonds is 13. The number of methoxy groups -OCH3 is 3. The SMILES string of the molecule is COc1cc(/C=C(\NC(=O)c2ccccc2)C(=O)Nc2ccc(SCC(=O)Nc3nc(-c4cccs4)cs3)cc2)cc(OC)c1OC. The van der Waals surface area contributed by atoms with Crippen LogP contribution in [0.4, 0.5) is 10.8 Å². The van der Waals surface area contributed by atoms with Crippen LogP contribution in [-0.2, 0) is 9.59 Å². The van der Waals surface area contributed by atoms with Crippen LogP contribution in [0.1, 0.15) is 15.9 Å². The molecule has 2 aromatic heterocycles. The van der Waals surface area contributed by atoms with Crippen molar-refractivity contribution in [1.29, 1.82) is 0 Å². The molecule has 13 heteroatoms. The minimum Gasteiger partial charge on any atom is -0.493 e. The quantitative estimate of drug-likeness (QED) is 0.0890. The third kappa shape index (κ3) is 8.79. The summed E-state index contributed by atoms with van der Waals surface area (Å²) in [5.74, 6) is 0.196. The van der Waals surface area contributed by atoms with Crippen LogP contribution >= 0.6 is 34.4 Å². The fraction of sp³-hybridized carbons (Fsp3) is 0.118. The van der Waals surface area contributed by atoms with Crippen LogP contribution in [0.2, 0.25) is 0 Å². The van der Waals surface area contributed by atoms with Crippen molar-refractivity contribution < 1.29 is 28.6 Å². The van der Waals surface area contributed by atoms with Crippen molar-refractivity contribution >= 4 is 69.1 Å². The molecular formula is C34H30N4O6S3. The summed E-state index contributed by atoms with van der Waals surface area (Å²) in [7, 11) is 4.48. The van der Waals surface area contributed by atoms with Crippen LogP contribution < -0.4 is 30.2 Å². The molecule has 0 aliphatic carbocycles. The van der Waals surface area contributed by atoms with Crippen molar-refractivity contribution in [2.75, 3.05) is 37.7 Å². The van der Waals surface area contributed by atoms with E-state index in [0.29, 0.717) is 39.2 Å². The highest BCUT2D eigenvalue weighted by Gasteiger charge is 2.18.